The summed E-state index contributed by atoms with van der Waals surface area (Å²) in [5.74, 6) is -1.07. The summed E-state index contributed by atoms with van der Waals surface area (Å²) in [6, 6.07) is 17.2. The molecule has 0 saturated heterocycles. The summed E-state index contributed by atoms with van der Waals surface area (Å²) in [5.41, 5.74) is 6.59. The van der Waals surface area contributed by atoms with Crippen molar-refractivity contribution >= 4 is 27.5 Å². The first-order valence-electron chi connectivity index (χ1n) is 9.78. The molecule has 0 bridgehead atoms. The zero-order valence-corrected chi connectivity index (χ0v) is 18.5. The highest BCUT2D eigenvalue weighted by atomic mass is 79.9. The van der Waals surface area contributed by atoms with Gasteiger partial charge in [0.1, 0.15) is 5.69 Å². The molecule has 0 amide bonds. The van der Waals surface area contributed by atoms with Gasteiger partial charge in [-0.2, -0.15) is 5.10 Å². The van der Waals surface area contributed by atoms with Crippen LogP contribution in [0.15, 0.2) is 77.7 Å². The molecule has 0 aliphatic rings. The Bertz CT molecular complexity index is 1450. The fourth-order valence-corrected chi connectivity index (χ4v) is 3.99. The number of rotatable bonds is 4. The Morgan fingerprint density at radius 3 is 2.31 bits per heavy atom. The Morgan fingerprint density at radius 1 is 0.906 bits per heavy atom. The van der Waals surface area contributed by atoms with Crippen LogP contribution in [0.2, 0.25) is 0 Å². The van der Waals surface area contributed by atoms with Crippen molar-refractivity contribution in [3.05, 3.63) is 89.0 Å². The van der Waals surface area contributed by atoms with Crippen molar-refractivity contribution < 1.29 is 9.90 Å². The Balaban J connectivity index is 1.60. The number of carboxylic acids is 1. The van der Waals surface area contributed by atoms with Crippen LogP contribution in [0.5, 0.6) is 0 Å². The van der Waals surface area contributed by atoms with Gasteiger partial charge < -0.3 is 5.11 Å². The maximum Gasteiger partial charge on any atom is 0.354 e. The highest BCUT2D eigenvalue weighted by molar-refractivity contribution is 9.10. The number of pyridine rings is 2. The highest BCUT2D eigenvalue weighted by Crippen LogP contribution is 2.33. The minimum Gasteiger partial charge on any atom is -0.477 e. The predicted molar refractivity (Wildman–Crippen MR) is 124 cm³/mol. The largest absolute Gasteiger partial charge is 0.477 e. The van der Waals surface area contributed by atoms with Gasteiger partial charge in [0.05, 0.1) is 27.8 Å². The van der Waals surface area contributed by atoms with Crippen molar-refractivity contribution in [3.8, 4) is 33.6 Å². The van der Waals surface area contributed by atoms with Crippen LogP contribution in [0, 0.1) is 6.92 Å². The molecular formula is C24H16BrN5O2. The van der Waals surface area contributed by atoms with E-state index < -0.39 is 5.97 Å². The minimum absolute atomic E-state index is 0.0164. The van der Waals surface area contributed by atoms with Crippen molar-refractivity contribution in [1.29, 1.82) is 0 Å². The Hall–Kier alpha value is -3.91. The molecule has 5 aromatic rings. The van der Waals surface area contributed by atoms with Crippen LogP contribution in [0.3, 0.4) is 0 Å². The third-order valence-corrected chi connectivity index (χ3v) is 6.15. The Morgan fingerprint density at radius 2 is 1.66 bits per heavy atom. The molecule has 0 radical (unpaired) electrons. The Labute approximate surface area is 191 Å². The molecule has 7 nitrogen and oxygen atoms in total. The molecule has 0 unspecified atom stereocenters. The molecule has 8 heteroatoms. The van der Waals surface area contributed by atoms with Crippen LogP contribution in [-0.4, -0.2) is 35.6 Å². The smallest absolute Gasteiger partial charge is 0.354 e. The van der Waals surface area contributed by atoms with Gasteiger partial charge in [-0.3, -0.25) is 4.98 Å². The zero-order chi connectivity index (χ0) is 22.2. The number of halogens is 1. The van der Waals surface area contributed by atoms with Crippen molar-refractivity contribution in [2.45, 2.75) is 6.92 Å². The van der Waals surface area contributed by atoms with Gasteiger partial charge in [-0.15, -0.1) is 0 Å². The number of aryl methyl sites for hydroxylation is 1. The minimum atomic E-state index is -1.07. The normalized spacial score (nSPS) is 11.1. The number of hydrogen-bond acceptors (Lipinski definition) is 5. The molecule has 32 heavy (non-hydrogen) atoms. The Kier molecular flexibility index (Phi) is 4.99. The van der Waals surface area contributed by atoms with Gasteiger partial charge in [-0.05, 0) is 41.1 Å². The van der Waals surface area contributed by atoms with E-state index in [0.717, 1.165) is 32.6 Å². The molecule has 156 valence electrons. The SMILES string of the molecule is Cc1c(Br)c(-c2ccc(C(=O)O)nc2)nc2c(-c3ccc(-c4ccccc4)nc3)cnn12. The van der Waals surface area contributed by atoms with Gasteiger partial charge >= 0.3 is 5.97 Å². The number of nitrogens with zero attached hydrogens (tertiary/aromatic N) is 5. The quantitative estimate of drug-likeness (QED) is 0.371. The molecule has 0 saturated carbocycles. The lowest BCUT2D eigenvalue weighted by Gasteiger charge is -2.10. The number of aromatic nitrogens is 5. The molecule has 0 spiro atoms. The van der Waals surface area contributed by atoms with Crippen molar-refractivity contribution in [2.75, 3.05) is 0 Å². The van der Waals surface area contributed by atoms with Gasteiger partial charge in [0.25, 0.3) is 0 Å². The van der Waals surface area contributed by atoms with Crippen LogP contribution < -0.4 is 0 Å². The molecule has 4 heterocycles. The lowest BCUT2D eigenvalue weighted by Crippen LogP contribution is -2.02. The second-order valence-electron chi connectivity index (χ2n) is 7.19. The fraction of sp³-hybridized carbons (Fsp3) is 0.0417. The van der Waals surface area contributed by atoms with Gasteiger partial charge in [0.15, 0.2) is 5.65 Å². The average molecular weight is 486 g/mol. The van der Waals surface area contributed by atoms with Crippen LogP contribution in [0.4, 0.5) is 0 Å². The van der Waals surface area contributed by atoms with Crippen molar-refractivity contribution in [3.63, 3.8) is 0 Å². The lowest BCUT2D eigenvalue weighted by molar-refractivity contribution is 0.0690. The number of carbonyl (C=O) groups is 1. The molecule has 0 atom stereocenters. The molecule has 1 aromatic carbocycles. The lowest BCUT2D eigenvalue weighted by atomic mass is 10.1. The predicted octanol–water partition coefficient (Wildman–Crippen LogP) is 5.29. The monoisotopic (exact) mass is 485 g/mol. The summed E-state index contributed by atoms with van der Waals surface area (Å²) in [7, 11) is 0. The fourth-order valence-electron chi connectivity index (χ4n) is 3.50. The van der Waals surface area contributed by atoms with Crippen LogP contribution in [0.25, 0.3) is 39.3 Å². The number of carboxylic acid groups (broad SMARTS) is 1. The second kappa shape index (κ2) is 7.97. The molecule has 0 aliphatic heterocycles. The summed E-state index contributed by atoms with van der Waals surface area (Å²) in [6.45, 7) is 1.94. The van der Waals surface area contributed by atoms with E-state index in [2.05, 4.69) is 31.0 Å². The number of benzene rings is 1. The summed E-state index contributed by atoms with van der Waals surface area (Å²) in [4.78, 5) is 24.6. The van der Waals surface area contributed by atoms with Crippen LogP contribution in [-0.2, 0) is 0 Å². The second-order valence-corrected chi connectivity index (χ2v) is 7.98. The van der Waals surface area contributed by atoms with E-state index in [9.17, 15) is 4.79 Å². The third-order valence-electron chi connectivity index (χ3n) is 5.20. The maximum atomic E-state index is 11.1. The molecular weight excluding hydrogens is 470 g/mol. The summed E-state index contributed by atoms with van der Waals surface area (Å²) < 4.78 is 2.54. The van der Waals surface area contributed by atoms with Crippen LogP contribution >= 0.6 is 15.9 Å². The highest BCUT2D eigenvalue weighted by Gasteiger charge is 2.17. The van der Waals surface area contributed by atoms with Gasteiger partial charge in [0.2, 0.25) is 0 Å². The van der Waals surface area contributed by atoms with E-state index in [1.807, 2.05) is 55.6 Å². The first-order chi connectivity index (χ1) is 15.5. The van der Waals surface area contributed by atoms with E-state index in [4.69, 9.17) is 10.1 Å². The van der Waals surface area contributed by atoms with E-state index in [1.54, 1.807) is 16.8 Å². The maximum absolute atomic E-state index is 11.1. The van der Waals surface area contributed by atoms with E-state index in [0.29, 0.717) is 16.9 Å². The molecule has 0 fully saturated rings. The first kappa shape index (κ1) is 20.0. The average Bonchev–Trinajstić information content (AvgIpc) is 3.26. The first-order valence-corrected chi connectivity index (χ1v) is 10.6. The third kappa shape index (κ3) is 3.44. The summed E-state index contributed by atoms with van der Waals surface area (Å²) in [6.07, 6.45) is 5.11. The number of fused-ring (bicyclic) bond motifs is 1. The van der Waals surface area contributed by atoms with Crippen molar-refractivity contribution in [1.82, 2.24) is 24.6 Å². The number of aromatic carboxylic acids is 1. The van der Waals surface area contributed by atoms with Gasteiger partial charge in [-0.25, -0.2) is 19.3 Å². The zero-order valence-electron chi connectivity index (χ0n) is 16.9. The molecule has 1 N–H and O–H groups in total. The summed E-state index contributed by atoms with van der Waals surface area (Å²) in [5, 5.41) is 13.6. The summed E-state index contributed by atoms with van der Waals surface area (Å²) >= 11 is 3.61. The molecule has 5 rings (SSSR count). The topological polar surface area (TPSA) is 93.3 Å². The van der Waals surface area contributed by atoms with Gasteiger partial charge in [-0.1, -0.05) is 36.4 Å². The van der Waals surface area contributed by atoms with E-state index in [-0.39, 0.29) is 5.69 Å². The van der Waals surface area contributed by atoms with E-state index >= 15 is 0 Å². The van der Waals surface area contributed by atoms with Gasteiger partial charge in [0, 0.05) is 34.6 Å². The molecule has 0 aliphatic carbocycles. The number of hydrogen-bond donors (Lipinski definition) is 1. The van der Waals surface area contributed by atoms with Crippen molar-refractivity contribution in [2.24, 2.45) is 0 Å². The van der Waals surface area contributed by atoms with Crippen LogP contribution in [0.1, 0.15) is 16.2 Å². The molecule has 4 aromatic heterocycles. The standard InChI is InChI=1S/C24H16BrN5O2/c1-14-21(25)22(17-8-10-20(24(31)32)27-12-17)29-23-18(13-28-30(14)23)16-7-9-19(26-11-16)15-5-3-2-4-6-15/h2-13H,1H3,(H,31,32). The van der Waals surface area contributed by atoms with E-state index in [1.165, 1.54) is 12.3 Å².